The Morgan fingerprint density at radius 2 is 2.07 bits per heavy atom. The molecule has 2 amide bonds. The third-order valence-electron chi connectivity index (χ3n) is 5.19. The van der Waals surface area contributed by atoms with Crippen molar-refractivity contribution in [1.29, 1.82) is 0 Å². The molecular formula is C21H23N5O3. The van der Waals surface area contributed by atoms with Crippen molar-refractivity contribution >= 4 is 17.5 Å². The number of anilines is 1. The molecule has 1 aliphatic rings. The van der Waals surface area contributed by atoms with Crippen molar-refractivity contribution in [3.8, 4) is 5.69 Å². The lowest BCUT2D eigenvalue weighted by atomic mass is 10.2. The van der Waals surface area contributed by atoms with Crippen LogP contribution in [0.2, 0.25) is 0 Å². The molecule has 1 fully saturated rings. The maximum Gasteiger partial charge on any atom is 0.293 e. The molecule has 3 aromatic rings. The summed E-state index contributed by atoms with van der Waals surface area (Å²) in [5, 5.41) is 6.79. The fourth-order valence-electron chi connectivity index (χ4n) is 3.58. The van der Waals surface area contributed by atoms with Crippen LogP contribution >= 0.6 is 0 Å². The van der Waals surface area contributed by atoms with Gasteiger partial charge in [-0.3, -0.25) is 9.59 Å². The van der Waals surface area contributed by atoms with E-state index in [1.807, 2.05) is 48.9 Å². The summed E-state index contributed by atoms with van der Waals surface area (Å²) < 4.78 is 7.12. The summed E-state index contributed by atoms with van der Waals surface area (Å²) in [5.74, 6) is 0.584. The van der Waals surface area contributed by atoms with Crippen LogP contribution in [0.1, 0.15) is 41.8 Å². The number of hydrogen-bond donors (Lipinski definition) is 1. The van der Waals surface area contributed by atoms with Crippen LogP contribution in [0.15, 0.2) is 47.2 Å². The van der Waals surface area contributed by atoms with Gasteiger partial charge < -0.3 is 19.3 Å². The molecule has 0 saturated carbocycles. The van der Waals surface area contributed by atoms with Gasteiger partial charge in [-0.2, -0.15) is 0 Å². The van der Waals surface area contributed by atoms with Crippen LogP contribution in [-0.2, 0) is 11.2 Å². The Hall–Kier alpha value is -3.42. The summed E-state index contributed by atoms with van der Waals surface area (Å²) in [4.78, 5) is 31.4. The van der Waals surface area contributed by atoms with Gasteiger partial charge in [0.25, 0.3) is 5.91 Å². The summed E-state index contributed by atoms with van der Waals surface area (Å²) >= 11 is 0. The number of nitrogens with zero attached hydrogens (tertiary/aromatic N) is 4. The number of aromatic nitrogens is 3. The van der Waals surface area contributed by atoms with E-state index in [9.17, 15) is 9.59 Å². The van der Waals surface area contributed by atoms with Crippen molar-refractivity contribution in [2.24, 2.45) is 0 Å². The normalized spacial score (nSPS) is 16.2. The van der Waals surface area contributed by atoms with Gasteiger partial charge in [0, 0.05) is 36.4 Å². The molecule has 0 aliphatic carbocycles. The zero-order chi connectivity index (χ0) is 20.4. The Morgan fingerprint density at radius 3 is 2.72 bits per heavy atom. The van der Waals surface area contributed by atoms with E-state index in [4.69, 9.17) is 4.52 Å². The molecule has 8 nitrogen and oxygen atoms in total. The highest BCUT2D eigenvalue weighted by atomic mass is 16.5. The van der Waals surface area contributed by atoms with Crippen LogP contribution in [0, 0.1) is 6.92 Å². The van der Waals surface area contributed by atoms with Crippen molar-refractivity contribution in [2.45, 2.75) is 39.2 Å². The lowest BCUT2D eigenvalue weighted by Crippen LogP contribution is -2.43. The van der Waals surface area contributed by atoms with E-state index >= 15 is 0 Å². The number of benzene rings is 1. The molecule has 1 atom stereocenters. The molecule has 0 bridgehead atoms. The lowest BCUT2D eigenvalue weighted by molar-refractivity contribution is -0.119. The Kier molecular flexibility index (Phi) is 5.16. The highest BCUT2D eigenvalue weighted by Crippen LogP contribution is 2.23. The topological polar surface area (TPSA) is 93.3 Å². The van der Waals surface area contributed by atoms with Crippen LogP contribution in [0.5, 0.6) is 0 Å². The van der Waals surface area contributed by atoms with E-state index < -0.39 is 6.04 Å². The molecule has 3 heterocycles. The second-order valence-corrected chi connectivity index (χ2v) is 7.07. The maximum absolute atomic E-state index is 12.8. The first-order chi connectivity index (χ1) is 14.1. The molecule has 150 valence electrons. The smallest absolute Gasteiger partial charge is 0.293 e. The monoisotopic (exact) mass is 393 g/mol. The highest BCUT2D eigenvalue weighted by Gasteiger charge is 2.36. The van der Waals surface area contributed by atoms with E-state index in [-0.39, 0.29) is 17.6 Å². The van der Waals surface area contributed by atoms with Gasteiger partial charge in [0.1, 0.15) is 11.9 Å². The number of carbonyl (C=O) groups excluding carboxylic acids is 2. The molecule has 4 rings (SSSR count). The lowest BCUT2D eigenvalue weighted by Gasteiger charge is -2.22. The predicted molar refractivity (Wildman–Crippen MR) is 107 cm³/mol. The van der Waals surface area contributed by atoms with Gasteiger partial charge in [0.2, 0.25) is 11.7 Å². The minimum absolute atomic E-state index is 0.182. The molecule has 0 radical (unpaired) electrons. The maximum atomic E-state index is 12.8. The van der Waals surface area contributed by atoms with Crippen molar-refractivity contribution in [3.05, 3.63) is 60.0 Å². The van der Waals surface area contributed by atoms with Crippen LogP contribution in [-0.4, -0.2) is 44.0 Å². The summed E-state index contributed by atoms with van der Waals surface area (Å²) in [6.07, 6.45) is 5.72. The molecular weight excluding hydrogens is 370 g/mol. The molecule has 29 heavy (non-hydrogen) atoms. The first kappa shape index (κ1) is 18.9. The number of nitrogens with one attached hydrogen (secondary N) is 1. The summed E-state index contributed by atoms with van der Waals surface area (Å²) in [7, 11) is 0. The average Bonchev–Trinajstić information content (AvgIpc) is 3.48. The largest absolute Gasteiger partial charge is 0.351 e. The van der Waals surface area contributed by atoms with Gasteiger partial charge >= 0.3 is 0 Å². The minimum atomic E-state index is -0.520. The van der Waals surface area contributed by atoms with Crippen LogP contribution in [0.4, 0.5) is 5.69 Å². The van der Waals surface area contributed by atoms with Crippen molar-refractivity contribution < 1.29 is 14.1 Å². The van der Waals surface area contributed by atoms with E-state index in [1.54, 1.807) is 17.2 Å². The first-order valence-corrected chi connectivity index (χ1v) is 9.74. The molecule has 0 spiro atoms. The number of imidazole rings is 1. The average molecular weight is 393 g/mol. The number of hydrogen-bond acceptors (Lipinski definition) is 5. The summed E-state index contributed by atoms with van der Waals surface area (Å²) in [6.45, 7) is 4.40. The van der Waals surface area contributed by atoms with Gasteiger partial charge in [-0.25, -0.2) is 4.98 Å². The van der Waals surface area contributed by atoms with Crippen LogP contribution in [0.3, 0.4) is 0 Å². The Balaban J connectivity index is 1.44. The molecule has 1 aromatic carbocycles. The highest BCUT2D eigenvalue weighted by molar-refractivity contribution is 6.00. The molecule has 0 unspecified atom stereocenters. The third-order valence-corrected chi connectivity index (χ3v) is 5.19. The van der Waals surface area contributed by atoms with Gasteiger partial charge in [-0.15, -0.1) is 0 Å². The number of aryl methyl sites for hydroxylation is 2. The molecule has 2 aromatic heterocycles. The Labute approximate surface area is 168 Å². The minimum Gasteiger partial charge on any atom is -0.351 e. The van der Waals surface area contributed by atoms with Gasteiger partial charge in [-0.1, -0.05) is 12.1 Å². The zero-order valence-corrected chi connectivity index (χ0v) is 16.5. The summed E-state index contributed by atoms with van der Waals surface area (Å²) in [5.41, 5.74) is 2.37. The Morgan fingerprint density at radius 1 is 1.28 bits per heavy atom. The van der Waals surface area contributed by atoms with Crippen molar-refractivity contribution in [3.63, 3.8) is 0 Å². The summed E-state index contributed by atoms with van der Waals surface area (Å²) in [6, 6.07) is 8.65. The number of likely N-dealkylation sites (tertiary alicyclic amines) is 1. The fourth-order valence-corrected chi connectivity index (χ4v) is 3.58. The quantitative estimate of drug-likeness (QED) is 0.719. The van der Waals surface area contributed by atoms with Gasteiger partial charge in [0.15, 0.2) is 0 Å². The van der Waals surface area contributed by atoms with E-state index in [0.717, 1.165) is 23.6 Å². The standard InChI is InChI=1S/C21H23N5O3/c1-3-15-13-19(29-24-15)21(28)26-11-4-5-18(26)20(27)23-16-6-8-17(9-7-16)25-12-10-22-14(25)2/h6-10,12-13,18H,3-5,11H2,1-2H3,(H,23,27)/t18-/m0/s1. The second-order valence-electron chi connectivity index (χ2n) is 7.07. The van der Waals surface area contributed by atoms with Gasteiger partial charge in [0.05, 0.1) is 5.69 Å². The van der Waals surface area contributed by atoms with E-state index in [0.29, 0.717) is 25.1 Å². The van der Waals surface area contributed by atoms with E-state index in [1.165, 1.54) is 0 Å². The van der Waals surface area contributed by atoms with Crippen LogP contribution < -0.4 is 5.32 Å². The fraction of sp³-hybridized carbons (Fsp3) is 0.333. The SMILES string of the molecule is CCc1cc(C(=O)N2CCC[C@H]2C(=O)Nc2ccc(-n3ccnc3C)cc2)on1. The number of rotatable bonds is 5. The molecule has 1 saturated heterocycles. The molecule has 1 N–H and O–H groups in total. The predicted octanol–water partition coefficient (Wildman–Crippen LogP) is 2.97. The zero-order valence-electron chi connectivity index (χ0n) is 16.5. The van der Waals surface area contributed by atoms with Gasteiger partial charge in [-0.05, 0) is 50.5 Å². The van der Waals surface area contributed by atoms with Crippen molar-refractivity contribution in [2.75, 3.05) is 11.9 Å². The first-order valence-electron chi connectivity index (χ1n) is 9.74. The van der Waals surface area contributed by atoms with Crippen molar-refractivity contribution in [1.82, 2.24) is 19.6 Å². The van der Waals surface area contributed by atoms with E-state index in [2.05, 4.69) is 15.5 Å². The number of amides is 2. The molecule has 1 aliphatic heterocycles. The number of carbonyl (C=O) groups is 2. The third kappa shape index (κ3) is 3.78. The molecule has 8 heteroatoms. The van der Waals surface area contributed by atoms with Crippen LogP contribution in [0.25, 0.3) is 5.69 Å². The second kappa shape index (κ2) is 7.90. The Bertz CT molecular complexity index is 1020.